The van der Waals surface area contributed by atoms with E-state index in [1.165, 1.54) is 28.3 Å². The fourth-order valence-corrected chi connectivity index (χ4v) is 4.47. The smallest absolute Gasteiger partial charge is 0.139 e. The zero-order valence-corrected chi connectivity index (χ0v) is 15.1. The molecule has 1 fully saturated rings. The Morgan fingerprint density at radius 2 is 2.21 bits per heavy atom. The minimum Gasteiger partial charge on any atom is -0.353 e. The van der Waals surface area contributed by atoms with Crippen molar-refractivity contribution >= 4 is 33.5 Å². The third kappa shape index (κ3) is 2.94. The molecule has 3 heterocycles. The Hall–Kier alpha value is -1.85. The largest absolute Gasteiger partial charge is 0.353 e. The molecular formula is C19H24N4S. The minimum absolute atomic E-state index is 0.557. The van der Waals surface area contributed by atoms with E-state index >= 15 is 0 Å². The quantitative estimate of drug-likeness (QED) is 0.858. The lowest BCUT2D eigenvalue weighted by atomic mass is 10.1. The van der Waals surface area contributed by atoms with Gasteiger partial charge < -0.3 is 15.5 Å². The number of aryl methyl sites for hydroxylation is 1. The van der Waals surface area contributed by atoms with Gasteiger partial charge in [-0.25, -0.2) is 4.99 Å². The fourth-order valence-electron chi connectivity index (χ4n) is 3.55. The van der Waals surface area contributed by atoms with E-state index in [-0.39, 0.29) is 0 Å². The maximum absolute atomic E-state index is 5.07. The van der Waals surface area contributed by atoms with Crippen LogP contribution < -0.4 is 10.6 Å². The normalized spacial score (nSPS) is 19.8. The molecule has 0 unspecified atom stereocenters. The Kier molecular flexibility index (Phi) is 4.29. The summed E-state index contributed by atoms with van der Waals surface area (Å²) in [6.45, 7) is 7.49. The Bertz CT molecular complexity index is 762. The van der Waals surface area contributed by atoms with Crippen LogP contribution in [0.25, 0.3) is 0 Å². The second kappa shape index (κ2) is 6.57. The molecule has 1 aromatic heterocycles. The summed E-state index contributed by atoms with van der Waals surface area (Å²) in [5.74, 6) is 1.12. The van der Waals surface area contributed by atoms with Gasteiger partial charge in [-0.15, -0.1) is 11.3 Å². The zero-order chi connectivity index (χ0) is 16.5. The van der Waals surface area contributed by atoms with Crippen molar-refractivity contribution in [2.24, 2.45) is 4.99 Å². The number of rotatable bonds is 2. The number of fused-ring (bicyclic) bond motifs is 2. The van der Waals surface area contributed by atoms with Crippen molar-refractivity contribution in [3.8, 4) is 0 Å². The average Bonchev–Trinajstić information content (AvgIpc) is 2.87. The molecule has 126 valence electrons. The predicted molar refractivity (Wildman–Crippen MR) is 103 cm³/mol. The van der Waals surface area contributed by atoms with Crippen molar-refractivity contribution in [2.45, 2.75) is 32.7 Å². The van der Waals surface area contributed by atoms with Gasteiger partial charge in [0.1, 0.15) is 10.8 Å². The number of amidine groups is 1. The molecule has 0 bridgehead atoms. The van der Waals surface area contributed by atoms with Gasteiger partial charge in [-0.2, -0.15) is 0 Å². The van der Waals surface area contributed by atoms with E-state index in [4.69, 9.17) is 4.99 Å². The molecule has 4 nitrogen and oxygen atoms in total. The lowest BCUT2D eigenvalue weighted by Gasteiger charge is -2.35. The fraction of sp³-hybridized carbons (Fsp3) is 0.421. The van der Waals surface area contributed by atoms with E-state index in [2.05, 4.69) is 59.7 Å². The maximum atomic E-state index is 5.07. The topological polar surface area (TPSA) is 39.7 Å². The molecule has 0 saturated carbocycles. The SMILES string of the molecule is CCC[C@H]1CN(C2=Nc3ccccc3Nc3sc(C)cc32)CCN1. The van der Waals surface area contributed by atoms with Crippen LogP contribution in [-0.4, -0.2) is 36.4 Å². The summed E-state index contributed by atoms with van der Waals surface area (Å²) in [6.07, 6.45) is 2.43. The highest BCUT2D eigenvalue weighted by molar-refractivity contribution is 7.16. The molecule has 1 saturated heterocycles. The summed E-state index contributed by atoms with van der Waals surface area (Å²) < 4.78 is 0. The van der Waals surface area contributed by atoms with Crippen LogP contribution in [0.4, 0.5) is 16.4 Å². The first-order chi connectivity index (χ1) is 11.7. The second-order valence-corrected chi connectivity index (χ2v) is 7.82. The van der Waals surface area contributed by atoms with Gasteiger partial charge in [-0.3, -0.25) is 0 Å². The van der Waals surface area contributed by atoms with E-state index in [0.717, 1.165) is 36.8 Å². The van der Waals surface area contributed by atoms with Crippen LogP contribution in [0.5, 0.6) is 0 Å². The Labute approximate surface area is 147 Å². The summed E-state index contributed by atoms with van der Waals surface area (Å²) >= 11 is 1.81. The Morgan fingerprint density at radius 1 is 1.33 bits per heavy atom. The molecule has 0 spiro atoms. The van der Waals surface area contributed by atoms with Crippen LogP contribution in [-0.2, 0) is 0 Å². The van der Waals surface area contributed by atoms with Crippen molar-refractivity contribution in [1.82, 2.24) is 10.2 Å². The van der Waals surface area contributed by atoms with E-state index in [9.17, 15) is 0 Å². The molecule has 2 aromatic rings. The third-order valence-corrected chi connectivity index (χ3v) is 5.63. The lowest BCUT2D eigenvalue weighted by molar-refractivity contribution is 0.281. The molecule has 1 atom stereocenters. The van der Waals surface area contributed by atoms with Gasteiger partial charge in [0.15, 0.2) is 0 Å². The number of aliphatic imine (C=N–C) groups is 1. The molecule has 0 radical (unpaired) electrons. The first-order valence-electron chi connectivity index (χ1n) is 8.78. The van der Waals surface area contributed by atoms with Gasteiger partial charge in [-0.05, 0) is 31.5 Å². The molecular weight excluding hydrogens is 316 g/mol. The van der Waals surface area contributed by atoms with E-state index in [1.54, 1.807) is 0 Å². The average molecular weight is 340 g/mol. The van der Waals surface area contributed by atoms with Gasteiger partial charge in [0.05, 0.1) is 16.9 Å². The number of benzene rings is 1. The standard InChI is InChI=1S/C19H24N4S/c1-3-6-14-12-23(10-9-20-14)18-15-11-13(2)24-19(15)22-17-8-5-4-7-16(17)21-18/h4-5,7-8,11,14,20,22H,3,6,9-10,12H2,1-2H3/t14-/m0/s1. The van der Waals surface area contributed by atoms with Gasteiger partial charge in [0.25, 0.3) is 0 Å². The van der Waals surface area contributed by atoms with Gasteiger partial charge in [-0.1, -0.05) is 25.5 Å². The molecule has 2 N–H and O–H groups in total. The third-order valence-electron chi connectivity index (χ3n) is 4.67. The molecule has 1 aromatic carbocycles. The maximum Gasteiger partial charge on any atom is 0.139 e. The van der Waals surface area contributed by atoms with Crippen molar-refractivity contribution < 1.29 is 0 Å². The number of hydrogen-bond donors (Lipinski definition) is 2. The summed E-state index contributed by atoms with van der Waals surface area (Å²) in [5.41, 5.74) is 3.36. The number of para-hydroxylation sites is 2. The molecule has 24 heavy (non-hydrogen) atoms. The molecule has 2 aliphatic heterocycles. The second-order valence-electron chi connectivity index (χ2n) is 6.56. The van der Waals surface area contributed by atoms with Crippen LogP contribution in [0.3, 0.4) is 0 Å². The highest BCUT2D eigenvalue weighted by Crippen LogP contribution is 2.39. The first kappa shape index (κ1) is 15.7. The molecule has 0 amide bonds. The van der Waals surface area contributed by atoms with Gasteiger partial charge in [0.2, 0.25) is 0 Å². The van der Waals surface area contributed by atoms with Crippen LogP contribution in [0.2, 0.25) is 0 Å². The number of thiophene rings is 1. The van der Waals surface area contributed by atoms with Crippen LogP contribution >= 0.6 is 11.3 Å². The van der Waals surface area contributed by atoms with E-state index in [0.29, 0.717) is 6.04 Å². The zero-order valence-electron chi connectivity index (χ0n) is 14.3. The van der Waals surface area contributed by atoms with Crippen molar-refractivity contribution in [3.63, 3.8) is 0 Å². The molecule has 2 aliphatic rings. The predicted octanol–water partition coefficient (Wildman–Crippen LogP) is 4.27. The minimum atomic E-state index is 0.557. The number of anilines is 2. The highest BCUT2D eigenvalue weighted by atomic mass is 32.1. The summed E-state index contributed by atoms with van der Waals surface area (Å²) in [7, 11) is 0. The molecule has 4 rings (SSSR count). The molecule has 0 aliphatic carbocycles. The number of piperazine rings is 1. The van der Waals surface area contributed by atoms with Crippen molar-refractivity contribution in [1.29, 1.82) is 0 Å². The van der Waals surface area contributed by atoms with Crippen LogP contribution in [0.15, 0.2) is 35.3 Å². The van der Waals surface area contributed by atoms with E-state index < -0.39 is 0 Å². The van der Waals surface area contributed by atoms with Crippen LogP contribution in [0, 0.1) is 6.92 Å². The Balaban J connectivity index is 1.75. The van der Waals surface area contributed by atoms with E-state index in [1.807, 2.05) is 11.3 Å². The van der Waals surface area contributed by atoms with Crippen LogP contribution in [0.1, 0.15) is 30.2 Å². The van der Waals surface area contributed by atoms with Gasteiger partial charge >= 0.3 is 0 Å². The summed E-state index contributed by atoms with van der Waals surface area (Å²) in [6, 6.07) is 11.2. The number of nitrogens with zero attached hydrogens (tertiary/aromatic N) is 2. The lowest BCUT2D eigenvalue weighted by Crippen LogP contribution is -2.52. The van der Waals surface area contributed by atoms with Gasteiger partial charge in [0, 0.05) is 30.6 Å². The Morgan fingerprint density at radius 3 is 3.08 bits per heavy atom. The number of hydrogen-bond acceptors (Lipinski definition) is 5. The molecule has 5 heteroatoms. The monoisotopic (exact) mass is 340 g/mol. The summed E-state index contributed by atoms with van der Waals surface area (Å²) in [5, 5.41) is 8.44. The highest BCUT2D eigenvalue weighted by Gasteiger charge is 2.27. The number of nitrogens with one attached hydrogen (secondary N) is 2. The summed E-state index contributed by atoms with van der Waals surface area (Å²) in [4.78, 5) is 8.85. The first-order valence-corrected chi connectivity index (χ1v) is 9.60. The van der Waals surface area contributed by atoms with Crippen molar-refractivity contribution in [2.75, 3.05) is 25.0 Å². The van der Waals surface area contributed by atoms with Crippen molar-refractivity contribution in [3.05, 3.63) is 40.8 Å².